The summed E-state index contributed by atoms with van der Waals surface area (Å²) in [5.41, 5.74) is 3.62. The Morgan fingerprint density at radius 2 is 1.68 bits per heavy atom. The summed E-state index contributed by atoms with van der Waals surface area (Å²) in [6.07, 6.45) is 1.00. The maximum atomic E-state index is 11.8. The predicted octanol–water partition coefficient (Wildman–Crippen LogP) is 4.12. The smallest absolute Gasteiger partial charge is 0.377 e. The molecule has 0 saturated carbocycles. The van der Waals surface area contributed by atoms with Gasteiger partial charge in [-0.25, -0.2) is 4.79 Å². The van der Waals surface area contributed by atoms with Crippen molar-refractivity contribution >= 4 is 23.5 Å². The Kier molecular flexibility index (Phi) is 5.39. The zero-order chi connectivity index (χ0) is 16.1. The van der Waals surface area contributed by atoms with Crippen LogP contribution in [0.2, 0.25) is 0 Å². The molecule has 0 aliphatic rings. The molecule has 0 aliphatic heterocycles. The quantitative estimate of drug-likeness (QED) is 0.495. The number of carbonyl (C=O) groups is 2. The van der Waals surface area contributed by atoms with Gasteiger partial charge in [0.05, 0.1) is 0 Å². The van der Waals surface area contributed by atoms with E-state index in [4.69, 9.17) is 5.11 Å². The van der Waals surface area contributed by atoms with E-state index in [1.165, 1.54) is 17.3 Å². The number of Topliss-reactive ketones (excluding diaryl/α,β-unsaturated/α-hetero) is 1. The Bertz CT molecular complexity index is 690. The zero-order valence-electron chi connectivity index (χ0n) is 12.6. The molecule has 3 nitrogen and oxygen atoms in total. The van der Waals surface area contributed by atoms with Crippen LogP contribution in [-0.2, 0) is 17.0 Å². The molecule has 0 heterocycles. The molecule has 4 heteroatoms. The minimum absolute atomic E-state index is 0.266. The lowest BCUT2D eigenvalue weighted by molar-refractivity contribution is -0.131. The summed E-state index contributed by atoms with van der Waals surface area (Å²) in [7, 11) is 0. The monoisotopic (exact) mass is 314 g/mol. The Morgan fingerprint density at radius 1 is 1.05 bits per heavy atom. The number of rotatable bonds is 6. The molecule has 0 amide bonds. The van der Waals surface area contributed by atoms with Crippen LogP contribution in [0.4, 0.5) is 0 Å². The first-order valence-electron chi connectivity index (χ1n) is 7.10. The van der Waals surface area contributed by atoms with E-state index in [1.807, 2.05) is 13.0 Å². The maximum Gasteiger partial charge on any atom is 0.377 e. The predicted molar refractivity (Wildman–Crippen MR) is 88.5 cm³/mol. The van der Waals surface area contributed by atoms with E-state index in [9.17, 15) is 9.59 Å². The number of thioether (sulfide) groups is 1. The van der Waals surface area contributed by atoms with Gasteiger partial charge in [0.15, 0.2) is 0 Å². The molecule has 0 atom stereocenters. The van der Waals surface area contributed by atoms with Gasteiger partial charge in [-0.05, 0) is 36.1 Å². The van der Waals surface area contributed by atoms with Crippen molar-refractivity contribution in [3.8, 4) is 0 Å². The average molecular weight is 314 g/mol. The van der Waals surface area contributed by atoms with Gasteiger partial charge in [-0.15, -0.1) is 11.8 Å². The molecule has 0 unspecified atom stereocenters. The lowest BCUT2D eigenvalue weighted by Gasteiger charge is -2.10. The lowest BCUT2D eigenvalue weighted by Crippen LogP contribution is -2.14. The minimum atomic E-state index is -1.42. The third-order valence-corrected chi connectivity index (χ3v) is 4.77. The molecular formula is C18H18O3S. The van der Waals surface area contributed by atoms with Crippen LogP contribution < -0.4 is 0 Å². The Labute approximate surface area is 134 Å². The Balaban J connectivity index is 2.21. The second-order valence-corrected chi connectivity index (χ2v) is 6.03. The standard InChI is InChI=1S/C18H18O3S/c1-3-13-7-9-14(10-8-13)11-22-17-12(2)5-4-6-15(17)16(19)18(20)21/h4-10H,3,11H2,1-2H3,(H,20,21). The highest BCUT2D eigenvalue weighted by Gasteiger charge is 2.19. The van der Waals surface area contributed by atoms with Gasteiger partial charge in [-0.2, -0.15) is 0 Å². The van der Waals surface area contributed by atoms with Crippen LogP contribution in [0.3, 0.4) is 0 Å². The fourth-order valence-corrected chi connectivity index (χ4v) is 3.28. The fourth-order valence-electron chi connectivity index (χ4n) is 2.16. The third-order valence-electron chi connectivity index (χ3n) is 3.47. The first-order chi connectivity index (χ1) is 10.5. The Morgan fingerprint density at radius 3 is 2.27 bits per heavy atom. The SMILES string of the molecule is CCc1ccc(CSc2c(C)cccc2C(=O)C(=O)O)cc1. The maximum absolute atomic E-state index is 11.8. The summed E-state index contributed by atoms with van der Waals surface area (Å²) in [6, 6.07) is 13.5. The number of ketones is 1. The highest BCUT2D eigenvalue weighted by molar-refractivity contribution is 7.98. The van der Waals surface area contributed by atoms with Crippen molar-refractivity contribution in [2.24, 2.45) is 0 Å². The number of hydrogen-bond acceptors (Lipinski definition) is 3. The van der Waals surface area contributed by atoms with E-state index in [2.05, 4.69) is 31.2 Å². The minimum Gasteiger partial charge on any atom is -0.475 e. The van der Waals surface area contributed by atoms with Crippen LogP contribution in [0.15, 0.2) is 47.4 Å². The zero-order valence-corrected chi connectivity index (χ0v) is 13.4. The largest absolute Gasteiger partial charge is 0.475 e. The van der Waals surface area contributed by atoms with Crippen molar-refractivity contribution in [1.29, 1.82) is 0 Å². The molecule has 2 aromatic rings. The molecule has 114 valence electrons. The van der Waals surface area contributed by atoms with Crippen LogP contribution in [0.25, 0.3) is 0 Å². The number of aryl methyl sites for hydroxylation is 2. The first kappa shape index (κ1) is 16.3. The molecule has 0 saturated heterocycles. The summed E-state index contributed by atoms with van der Waals surface area (Å²) < 4.78 is 0. The molecule has 1 N–H and O–H groups in total. The van der Waals surface area contributed by atoms with E-state index in [0.717, 1.165) is 22.4 Å². The number of benzene rings is 2. The number of carbonyl (C=O) groups excluding carboxylic acids is 1. The number of carboxylic acid groups (broad SMARTS) is 1. The van der Waals surface area contributed by atoms with E-state index in [0.29, 0.717) is 5.75 Å². The second-order valence-electron chi connectivity index (χ2n) is 5.04. The second kappa shape index (κ2) is 7.27. The van der Waals surface area contributed by atoms with Crippen molar-refractivity contribution in [1.82, 2.24) is 0 Å². The van der Waals surface area contributed by atoms with Crippen LogP contribution in [-0.4, -0.2) is 16.9 Å². The van der Waals surface area contributed by atoms with E-state index in [-0.39, 0.29) is 5.56 Å². The normalized spacial score (nSPS) is 10.5. The van der Waals surface area contributed by atoms with Gasteiger partial charge in [0, 0.05) is 16.2 Å². The van der Waals surface area contributed by atoms with Crippen LogP contribution in [0.5, 0.6) is 0 Å². The molecular weight excluding hydrogens is 296 g/mol. The van der Waals surface area contributed by atoms with E-state index in [1.54, 1.807) is 12.1 Å². The molecule has 22 heavy (non-hydrogen) atoms. The number of carboxylic acids is 1. The molecule has 0 aliphatic carbocycles. The number of hydrogen-bond donors (Lipinski definition) is 1. The van der Waals surface area contributed by atoms with Crippen molar-refractivity contribution in [2.45, 2.75) is 30.9 Å². The van der Waals surface area contributed by atoms with Gasteiger partial charge in [0.25, 0.3) is 5.78 Å². The molecule has 0 bridgehead atoms. The van der Waals surface area contributed by atoms with Gasteiger partial charge in [0.1, 0.15) is 0 Å². The molecule has 0 aromatic heterocycles. The fraction of sp³-hybridized carbons (Fsp3) is 0.222. The lowest BCUT2D eigenvalue weighted by atomic mass is 10.1. The summed E-state index contributed by atoms with van der Waals surface area (Å²) in [5.74, 6) is -1.57. The molecule has 0 spiro atoms. The summed E-state index contributed by atoms with van der Waals surface area (Å²) in [4.78, 5) is 23.5. The van der Waals surface area contributed by atoms with Gasteiger partial charge >= 0.3 is 5.97 Å². The van der Waals surface area contributed by atoms with Crippen molar-refractivity contribution < 1.29 is 14.7 Å². The third kappa shape index (κ3) is 3.77. The molecule has 0 fully saturated rings. The van der Waals surface area contributed by atoms with E-state index >= 15 is 0 Å². The summed E-state index contributed by atoms with van der Waals surface area (Å²) in [6.45, 7) is 4.00. The summed E-state index contributed by atoms with van der Waals surface area (Å²) >= 11 is 1.50. The van der Waals surface area contributed by atoms with Gasteiger partial charge < -0.3 is 5.11 Å². The average Bonchev–Trinajstić information content (AvgIpc) is 2.53. The van der Waals surface area contributed by atoms with Crippen LogP contribution in [0.1, 0.15) is 34.0 Å². The van der Waals surface area contributed by atoms with Crippen LogP contribution in [0, 0.1) is 6.92 Å². The topological polar surface area (TPSA) is 54.4 Å². The molecule has 2 rings (SSSR count). The van der Waals surface area contributed by atoms with Crippen molar-refractivity contribution in [3.05, 3.63) is 64.7 Å². The highest BCUT2D eigenvalue weighted by atomic mass is 32.2. The van der Waals surface area contributed by atoms with Crippen molar-refractivity contribution in [2.75, 3.05) is 0 Å². The van der Waals surface area contributed by atoms with Crippen molar-refractivity contribution in [3.63, 3.8) is 0 Å². The van der Waals surface area contributed by atoms with Gasteiger partial charge in [-0.1, -0.05) is 43.3 Å². The Hall–Kier alpha value is -2.07. The summed E-state index contributed by atoms with van der Waals surface area (Å²) in [5, 5.41) is 8.93. The van der Waals surface area contributed by atoms with Crippen LogP contribution >= 0.6 is 11.8 Å². The van der Waals surface area contributed by atoms with Gasteiger partial charge in [0.2, 0.25) is 0 Å². The van der Waals surface area contributed by atoms with Gasteiger partial charge in [-0.3, -0.25) is 4.79 Å². The first-order valence-corrected chi connectivity index (χ1v) is 8.09. The molecule has 2 aromatic carbocycles. The van der Waals surface area contributed by atoms with E-state index < -0.39 is 11.8 Å². The number of aliphatic carboxylic acids is 1. The molecule has 0 radical (unpaired) electrons. The highest BCUT2D eigenvalue weighted by Crippen LogP contribution is 2.30.